The summed E-state index contributed by atoms with van der Waals surface area (Å²) in [6.07, 6.45) is 5.31. The number of benzene rings is 1. The van der Waals surface area contributed by atoms with Crippen molar-refractivity contribution in [2.75, 3.05) is 38.0 Å². The van der Waals surface area contributed by atoms with Crippen LogP contribution in [0.5, 0.6) is 5.75 Å². The molecule has 1 heterocycles. The van der Waals surface area contributed by atoms with Crippen LogP contribution in [0.4, 0.5) is 14.5 Å². The van der Waals surface area contributed by atoms with Crippen LogP contribution in [0, 0.1) is 0 Å². The number of anilines is 1. The number of carbonyl (C=O) groups excluding carboxylic acids is 1. The number of nitrogens with one attached hydrogen (secondary N) is 1. The molecule has 138 valence electrons. The molecule has 1 aromatic rings. The fourth-order valence-corrected chi connectivity index (χ4v) is 3.68. The van der Waals surface area contributed by atoms with Crippen LogP contribution in [0.25, 0.3) is 0 Å². The first-order valence-electron chi connectivity index (χ1n) is 8.91. The molecule has 7 heteroatoms. The number of piperazine rings is 1. The summed E-state index contributed by atoms with van der Waals surface area (Å²) in [5.41, 5.74) is 0.580. The Labute approximate surface area is 146 Å². The Morgan fingerprint density at radius 1 is 1.12 bits per heavy atom. The molecule has 3 rings (SSSR count). The Kier molecular flexibility index (Phi) is 6.20. The third-order valence-electron chi connectivity index (χ3n) is 4.98. The van der Waals surface area contributed by atoms with E-state index in [9.17, 15) is 13.6 Å². The summed E-state index contributed by atoms with van der Waals surface area (Å²) in [7, 11) is 0. The third-order valence-corrected chi connectivity index (χ3v) is 4.98. The van der Waals surface area contributed by atoms with Gasteiger partial charge in [-0.25, -0.2) is 0 Å². The SMILES string of the molecule is O=C(CN1CCN(C2CCCC2)CC1)Nc1ccc(OC(F)F)cc1. The number of alkyl halides is 2. The van der Waals surface area contributed by atoms with Crippen LogP contribution in [0.2, 0.25) is 0 Å². The van der Waals surface area contributed by atoms with E-state index >= 15 is 0 Å². The van der Waals surface area contributed by atoms with E-state index < -0.39 is 6.61 Å². The van der Waals surface area contributed by atoms with E-state index in [4.69, 9.17) is 0 Å². The lowest BCUT2D eigenvalue weighted by molar-refractivity contribution is -0.117. The molecule has 0 atom stereocenters. The second kappa shape index (κ2) is 8.58. The van der Waals surface area contributed by atoms with E-state index in [0.717, 1.165) is 32.2 Å². The van der Waals surface area contributed by atoms with Gasteiger partial charge in [0, 0.05) is 37.9 Å². The smallest absolute Gasteiger partial charge is 0.387 e. The van der Waals surface area contributed by atoms with Crippen LogP contribution in [0.1, 0.15) is 25.7 Å². The van der Waals surface area contributed by atoms with Crippen LogP contribution < -0.4 is 10.1 Å². The van der Waals surface area contributed by atoms with Gasteiger partial charge in [0.2, 0.25) is 5.91 Å². The molecule has 0 unspecified atom stereocenters. The van der Waals surface area contributed by atoms with E-state index in [1.807, 2.05) is 0 Å². The molecule has 1 saturated heterocycles. The number of ether oxygens (including phenoxy) is 1. The van der Waals surface area contributed by atoms with Gasteiger partial charge in [0.25, 0.3) is 0 Å². The van der Waals surface area contributed by atoms with Crippen molar-refractivity contribution in [3.8, 4) is 5.75 Å². The number of hydrogen-bond donors (Lipinski definition) is 1. The summed E-state index contributed by atoms with van der Waals surface area (Å²) in [5.74, 6) is -0.00659. The summed E-state index contributed by atoms with van der Waals surface area (Å²) >= 11 is 0. The zero-order chi connectivity index (χ0) is 17.6. The normalized spacial score (nSPS) is 20.1. The second-order valence-electron chi connectivity index (χ2n) is 6.70. The average molecular weight is 353 g/mol. The Balaban J connectivity index is 1.40. The highest BCUT2D eigenvalue weighted by molar-refractivity contribution is 5.92. The van der Waals surface area contributed by atoms with E-state index in [0.29, 0.717) is 12.2 Å². The maximum Gasteiger partial charge on any atom is 0.387 e. The summed E-state index contributed by atoms with van der Waals surface area (Å²) in [6, 6.07) is 6.70. The van der Waals surface area contributed by atoms with Crippen molar-refractivity contribution in [2.24, 2.45) is 0 Å². The van der Waals surface area contributed by atoms with Crippen LogP contribution in [-0.4, -0.2) is 61.1 Å². The lowest BCUT2D eigenvalue weighted by Gasteiger charge is -2.37. The molecule has 0 aromatic heterocycles. The maximum absolute atomic E-state index is 12.2. The molecule has 1 amide bonds. The minimum absolute atomic E-state index is 0.0797. The lowest BCUT2D eigenvalue weighted by atomic mass is 10.2. The minimum atomic E-state index is -2.84. The topological polar surface area (TPSA) is 44.8 Å². The molecular weight excluding hydrogens is 328 g/mol. The predicted octanol–water partition coefficient (Wildman–Crippen LogP) is 2.79. The number of rotatable bonds is 6. The molecule has 25 heavy (non-hydrogen) atoms. The zero-order valence-corrected chi connectivity index (χ0v) is 14.3. The van der Waals surface area contributed by atoms with Crippen LogP contribution in [-0.2, 0) is 4.79 Å². The quantitative estimate of drug-likeness (QED) is 0.854. The maximum atomic E-state index is 12.2. The summed E-state index contributed by atoms with van der Waals surface area (Å²) in [4.78, 5) is 16.9. The molecule has 1 aliphatic heterocycles. The summed E-state index contributed by atoms with van der Waals surface area (Å²) in [5, 5.41) is 2.80. The second-order valence-corrected chi connectivity index (χ2v) is 6.70. The van der Waals surface area contributed by atoms with Gasteiger partial charge in [0.05, 0.1) is 6.54 Å². The standard InChI is InChI=1S/C18H25F2N3O2/c19-18(20)25-16-7-5-14(6-8-16)21-17(24)13-22-9-11-23(12-10-22)15-3-1-2-4-15/h5-8,15,18H,1-4,9-13H2,(H,21,24). The summed E-state index contributed by atoms with van der Waals surface area (Å²) < 4.78 is 28.5. The fourth-order valence-electron chi connectivity index (χ4n) is 3.68. The Hall–Kier alpha value is -1.73. The molecule has 0 spiro atoms. The van der Waals surface area contributed by atoms with Crippen LogP contribution >= 0.6 is 0 Å². The van der Waals surface area contributed by atoms with Crippen molar-refractivity contribution in [3.05, 3.63) is 24.3 Å². The Morgan fingerprint density at radius 3 is 2.36 bits per heavy atom. The van der Waals surface area contributed by atoms with Crippen molar-refractivity contribution in [1.82, 2.24) is 9.80 Å². The van der Waals surface area contributed by atoms with Gasteiger partial charge in [0.15, 0.2) is 0 Å². The molecule has 1 N–H and O–H groups in total. The highest BCUT2D eigenvalue weighted by Crippen LogP contribution is 2.24. The van der Waals surface area contributed by atoms with Gasteiger partial charge in [-0.1, -0.05) is 12.8 Å². The third kappa shape index (κ3) is 5.37. The fraction of sp³-hybridized carbons (Fsp3) is 0.611. The average Bonchev–Trinajstić information content (AvgIpc) is 3.11. The molecule has 2 aliphatic rings. The molecule has 0 bridgehead atoms. The molecular formula is C18H25F2N3O2. The molecule has 2 fully saturated rings. The van der Waals surface area contributed by atoms with Gasteiger partial charge >= 0.3 is 6.61 Å². The first-order chi connectivity index (χ1) is 12.1. The number of nitrogens with zero attached hydrogens (tertiary/aromatic N) is 2. The number of hydrogen-bond acceptors (Lipinski definition) is 4. The van der Waals surface area contributed by atoms with Crippen LogP contribution in [0.3, 0.4) is 0 Å². The van der Waals surface area contributed by atoms with E-state index in [1.54, 1.807) is 12.1 Å². The monoisotopic (exact) mass is 353 g/mol. The molecule has 5 nitrogen and oxygen atoms in total. The minimum Gasteiger partial charge on any atom is -0.435 e. The number of amides is 1. The first kappa shape index (κ1) is 18.1. The van der Waals surface area contributed by atoms with Crippen molar-refractivity contribution in [3.63, 3.8) is 0 Å². The van der Waals surface area contributed by atoms with Crippen molar-refractivity contribution in [2.45, 2.75) is 38.3 Å². The van der Waals surface area contributed by atoms with Crippen LogP contribution in [0.15, 0.2) is 24.3 Å². The molecule has 0 radical (unpaired) electrons. The van der Waals surface area contributed by atoms with E-state index in [1.165, 1.54) is 37.8 Å². The number of halogens is 2. The first-order valence-corrected chi connectivity index (χ1v) is 8.91. The molecule has 1 aliphatic carbocycles. The highest BCUT2D eigenvalue weighted by Gasteiger charge is 2.26. The zero-order valence-electron chi connectivity index (χ0n) is 14.3. The van der Waals surface area contributed by atoms with Gasteiger partial charge in [-0.05, 0) is 37.1 Å². The largest absolute Gasteiger partial charge is 0.435 e. The van der Waals surface area contributed by atoms with Crippen molar-refractivity contribution >= 4 is 11.6 Å². The van der Waals surface area contributed by atoms with Gasteiger partial charge in [0.1, 0.15) is 5.75 Å². The van der Waals surface area contributed by atoms with Gasteiger partial charge < -0.3 is 10.1 Å². The van der Waals surface area contributed by atoms with E-state index in [-0.39, 0.29) is 11.7 Å². The molecule has 1 saturated carbocycles. The highest BCUT2D eigenvalue weighted by atomic mass is 19.3. The summed E-state index contributed by atoms with van der Waals surface area (Å²) in [6.45, 7) is 1.38. The lowest BCUT2D eigenvalue weighted by Crippen LogP contribution is -2.51. The van der Waals surface area contributed by atoms with E-state index in [2.05, 4.69) is 19.9 Å². The predicted molar refractivity (Wildman–Crippen MR) is 92.0 cm³/mol. The van der Waals surface area contributed by atoms with Crippen molar-refractivity contribution < 1.29 is 18.3 Å². The number of carbonyl (C=O) groups is 1. The van der Waals surface area contributed by atoms with Gasteiger partial charge in [-0.3, -0.25) is 14.6 Å². The Morgan fingerprint density at radius 2 is 1.76 bits per heavy atom. The van der Waals surface area contributed by atoms with Gasteiger partial charge in [-0.2, -0.15) is 8.78 Å². The Bertz CT molecular complexity index is 554. The molecule has 1 aromatic carbocycles. The van der Waals surface area contributed by atoms with Gasteiger partial charge in [-0.15, -0.1) is 0 Å². The van der Waals surface area contributed by atoms with Crippen molar-refractivity contribution in [1.29, 1.82) is 0 Å².